The van der Waals surface area contributed by atoms with Crippen LogP contribution in [-0.4, -0.2) is 33.8 Å². The van der Waals surface area contributed by atoms with Gasteiger partial charge >= 0.3 is 0 Å². The normalized spacial score (nSPS) is 12.3. The second-order valence-electron chi connectivity index (χ2n) is 3.99. The average Bonchev–Trinajstić information content (AvgIpc) is 2.32. The molecule has 7 nitrogen and oxygen atoms in total. The predicted octanol–water partition coefficient (Wildman–Crippen LogP) is 0.117. The van der Waals surface area contributed by atoms with E-state index in [1.807, 2.05) is 6.92 Å². The standard InChI is InChI=1S/C11H17N3O4/c1-2-5-12-6-10(15)8-13-7-9(14(17)18)3-4-11(13)16/h3-4,7,10,12,15H,2,5-6,8H2,1H3. The van der Waals surface area contributed by atoms with Crippen LogP contribution in [-0.2, 0) is 6.54 Å². The maximum absolute atomic E-state index is 11.5. The Bertz CT molecular complexity index is 458. The lowest BCUT2D eigenvalue weighted by Crippen LogP contribution is -2.33. The lowest BCUT2D eigenvalue weighted by molar-refractivity contribution is -0.385. The molecule has 1 unspecified atom stereocenters. The maximum atomic E-state index is 11.5. The molecular weight excluding hydrogens is 238 g/mol. The lowest BCUT2D eigenvalue weighted by atomic mass is 10.3. The molecule has 100 valence electrons. The van der Waals surface area contributed by atoms with Crippen LogP contribution in [0.25, 0.3) is 0 Å². The Morgan fingerprint density at radius 2 is 2.28 bits per heavy atom. The fourth-order valence-corrected chi connectivity index (χ4v) is 1.51. The van der Waals surface area contributed by atoms with E-state index in [9.17, 15) is 20.0 Å². The van der Waals surface area contributed by atoms with Gasteiger partial charge < -0.3 is 15.0 Å². The number of nitrogens with zero attached hydrogens (tertiary/aromatic N) is 2. The van der Waals surface area contributed by atoms with Crippen molar-refractivity contribution in [2.24, 2.45) is 0 Å². The van der Waals surface area contributed by atoms with E-state index in [0.29, 0.717) is 6.54 Å². The smallest absolute Gasteiger partial charge is 0.285 e. The minimum Gasteiger partial charge on any atom is -0.390 e. The summed E-state index contributed by atoms with van der Waals surface area (Å²) in [5.74, 6) is 0. The molecule has 2 N–H and O–H groups in total. The number of aliphatic hydroxyl groups excluding tert-OH is 1. The lowest BCUT2D eigenvalue weighted by Gasteiger charge is -2.12. The number of rotatable bonds is 7. The van der Waals surface area contributed by atoms with Crippen LogP contribution in [0.5, 0.6) is 0 Å². The van der Waals surface area contributed by atoms with Crippen LogP contribution in [0.2, 0.25) is 0 Å². The van der Waals surface area contributed by atoms with E-state index in [0.717, 1.165) is 35.9 Å². The molecule has 0 fully saturated rings. The molecule has 0 aliphatic heterocycles. The Labute approximate surface area is 104 Å². The van der Waals surface area contributed by atoms with Gasteiger partial charge in [-0.25, -0.2) is 0 Å². The third-order valence-electron chi connectivity index (χ3n) is 2.39. The van der Waals surface area contributed by atoms with Crippen molar-refractivity contribution in [2.75, 3.05) is 13.1 Å². The molecule has 1 aromatic rings. The molecule has 1 aromatic heterocycles. The van der Waals surface area contributed by atoms with Crippen LogP contribution in [0, 0.1) is 10.1 Å². The highest BCUT2D eigenvalue weighted by Crippen LogP contribution is 2.06. The number of pyridine rings is 1. The maximum Gasteiger partial charge on any atom is 0.285 e. The summed E-state index contributed by atoms with van der Waals surface area (Å²) in [5.41, 5.74) is -0.529. The van der Waals surface area contributed by atoms with Gasteiger partial charge in [-0.3, -0.25) is 14.9 Å². The highest BCUT2D eigenvalue weighted by atomic mass is 16.6. The molecule has 0 amide bonds. The van der Waals surface area contributed by atoms with Crippen molar-refractivity contribution in [1.29, 1.82) is 0 Å². The molecule has 0 saturated heterocycles. The van der Waals surface area contributed by atoms with Crippen LogP contribution in [0.3, 0.4) is 0 Å². The van der Waals surface area contributed by atoms with Gasteiger partial charge in [0.1, 0.15) is 0 Å². The van der Waals surface area contributed by atoms with Crippen molar-refractivity contribution in [1.82, 2.24) is 9.88 Å². The topological polar surface area (TPSA) is 97.4 Å². The van der Waals surface area contributed by atoms with Gasteiger partial charge in [-0.2, -0.15) is 0 Å². The first-order valence-electron chi connectivity index (χ1n) is 5.78. The zero-order valence-electron chi connectivity index (χ0n) is 10.2. The van der Waals surface area contributed by atoms with Gasteiger partial charge in [0, 0.05) is 18.7 Å². The Kier molecular flexibility index (Phi) is 5.47. The number of nitrogens with one attached hydrogen (secondary N) is 1. The molecule has 0 saturated carbocycles. The average molecular weight is 255 g/mol. The van der Waals surface area contributed by atoms with Crippen molar-refractivity contribution >= 4 is 5.69 Å². The van der Waals surface area contributed by atoms with Gasteiger partial charge in [-0.15, -0.1) is 0 Å². The summed E-state index contributed by atoms with van der Waals surface area (Å²) in [4.78, 5) is 21.5. The zero-order chi connectivity index (χ0) is 13.5. The third-order valence-corrected chi connectivity index (χ3v) is 2.39. The molecule has 0 spiro atoms. The molecule has 0 radical (unpaired) electrons. The summed E-state index contributed by atoms with van der Waals surface area (Å²) in [5, 5.41) is 23.3. The second kappa shape index (κ2) is 6.87. The zero-order valence-corrected chi connectivity index (χ0v) is 10.2. The van der Waals surface area contributed by atoms with E-state index in [1.54, 1.807) is 0 Å². The SMILES string of the molecule is CCCNCC(O)Cn1cc([N+](=O)[O-])ccc1=O. The second-order valence-corrected chi connectivity index (χ2v) is 3.99. The molecule has 0 aliphatic carbocycles. The predicted molar refractivity (Wildman–Crippen MR) is 66.5 cm³/mol. The van der Waals surface area contributed by atoms with Crippen molar-refractivity contribution in [3.8, 4) is 0 Å². The Hall–Kier alpha value is -1.73. The van der Waals surface area contributed by atoms with Gasteiger partial charge in [0.2, 0.25) is 0 Å². The van der Waals surface area contributed by atoms with Crippen molar-refractivity contribution in [3.05, 3.63) is 38.8 Å². The van der Waals surface area contributed by atoms with Crippen molar-refractivity contribution < 1.29 is 10.0 Å². The number of nitro groups is 1. The van der Waals surface area contributed by atoms with E-state index in [4.69, 9.17) is 0 Å². The number of hydrogen-bond donors (Lipinski definition) is 2. The minimum atomic E-state index is -0.753. The fourth-order valence-electron chi connectivity index (χ4n) is 1.51. The van der Waals surface area contributed by atoms with Gasteiger partial charge in [-0.1, -0.05) is 6.92 Å². The highest BCUT2D eigenvalue weighted by Gasteiger charge is 2.10. The molecule has 7 heteroatoms. The number of aliphatic hydroxyl groups is 1. The molecule has 1 heterocycles. The summed E-state index contributed by atoms with van der Waals surface area (Å²) < 4.78 is 1.15. The monoisotopic (exact) mass is 255 g/mol. The van der Waals surface area contributed by atoms with E-state index >= 15 is 0 Å². The molecule has 1 atom stereocenters. The summed E-state index contributed by atoms with van der Waals surface area (Å²) in [7, 11) is 0. The third kappa shape index (κ3) is 4.27. The first kappa shape index (κ1) is 14.3. The van der Waals surface area contributed by atoms with E-state index in [2.05, 4.69) is 5.32 Å². The Balaban J connectivity index is 2.68. The van der Waals surface area contributed by atoms with E-state index in [-0.39, 0.29) is 17.8 Å². The van der Waals surface area contributed by atoms with E-state index in [1.165, 1.54) is 0 Å². The van der Waals surface area contributed by atoms with Gasteiger partial charge in [-0.05, 0) is 13.0 Å². The van der Waals surface area contributed by atoms with E-state index < -0.39 is 11.0 Å². The molecule has 0 bridgehead atoms. The van der Waals surface area contributed by atoms with Crippen molar-refractivity contribution in [2.45, 2.75) is 26.0 Å². The van der Waals surface area contributed by atoms with Crippen LogP contribution in [0.4, 0.5) is 5.69 Å². The minimum absolute atomic E-state index is 0.0389. The van der Waals surface area contributed by atoms with Crippen LogP contribution in [0.1, 0.15) is 13.3 Å². The Morgan fingerprint density at radius 1 is 1.56 bits per heavy atom. The first-order chi connectivity index (χ1) is 8.54. The number of aromatic nitrogens is 1. The van der Waals surface area contributed by atoms with Crippen molar-refractivity contribution in [3.63, 3.8) is 0 Å². The molecular formula is C11H17N3O4. The molecule has 0 aliphatic rings. The molecule has 0 aromatic carbocycles. The summed E-state index contributed by atoms with van der Waals surface area (Å²) in [6.45, 7) is 3.17. The van der Waals surface area contributed by atoms with Gasteiger partial charge in [0.25, 0.3) is 11.2 Å². The largest absolute Gasteiger partial charge is 0.390 e. The van der Waals surface area contributed by atoms with Crippen LogP contribution >= 0.6 is 0 Å². The van der Waals surface area contributed by atoms with Gasteiger partial charge in [0.15, 0.2) is 0 Å². The first-order valence-corrected chi connectivity index (χ1v) is 5.78. The van der Waals surface area contributed by atoms with Crippen LogP contribution < -0.4 is 10.9 Å². The summed E-state index contributed by atoms with van der Waals surface area (Å²) in [6, 6.07) is 2.28. The van der Waals surface area contributed by atoms with Gasteiger partial charge in [0.05, 0.1) is 23.8 Å². The molecule has 1 rings (SSSR count). The summed E-state index contributed by atoms with van der Waals surface area (Å²) in [6.07, 6.45) is 1.34. The fraction of sp³-hybridized carbons (Fsp3) is 0.545. The molecule has 18 heavy (non-hydrogen) atoms. The highest BCUT2D eigenvalue weighted by molar-refractivity contribution is 5.24. The Morgan fingerprint density at radius 3 is 2.89 bits per heavy atom. The summed E-state index contributed by atoms with van der Waals surface area (Å²) >= 11 is 0. The van der Waals surface area contributed by atoms with Crippen LogP contribution in [0.15, 0.2) is 23.1 Å². The number of hydrogen-bond acceptors (Lipinski definition) is 5. The quantitative estimate of drug-likeness (QED) is 0.409.